The molecule has 1 heterocycles. The van der Waals surface area contributed by atoms with E-state index in [9.17, 15) is 13.2 Å². The predicted octanol–water partition coefficient (Wildman–Crippen LogP) is 0.801. The first-order chi connectivity index (χ1) is 9.88. The number of thiophene rings is 1. The van der Waals surface area contributed by atoms with Gasteiger partial charge in [0.15, 0.2) is 0 Å². The Balaban J connectivity index is 1.88. The fourth-order valence-electron chi connectivity index (χ4n) is 2.35. The predicted molar refractivity (Wildman–Crippen MR) is 82.5 cm³/mol. The largest absolute Gasteiger partial charge is 0.352 e. The molecule has 2 rings (SSSR count). The highest BCUT2D eigenvalue weighted by Gasteiger charge is 2.26. The van der Waals surface area contributed by atoms with Crippen molar-refractivity contribution in [3.8, 4) is 0 Å². The Morgan fingerprint density at radius 1 is 1.38 bits per heavy atom. The second kappa shape index (κ2) is 6.87. The molecule has 0 saturated heterocycles. The minimum Gasteiger partial charge on any atom is -0.352 e. The average Bonchev–Trinajstić information content (AvgIpc) is 2.95. The van der Waals surface area contributed by atoms with E-state index in [0.29, 0.717) is 0 Å². The normalized spacial score (nSPS) is 24.5. The summed E-state index contributed by atoms with van der Waals surface area (Å²) >= 11 is 1.12. The fraction of sp³-hybridized carbons (Fsp3) is 0.615. The van der Waals surface area contributed by atoms with Crippen molar-refractivity contribution in [3.63, 3.8) is 0 Å². The van der Waals surface area contributed by atoms with Gasteiger partial charge in [-0.3, -0.25) is 4.79 Å². The first kappa shape index (κ1) is 16.4. The molecule has 1 saturated carbocycles. The molecule has 21 heavy (non-hydrogen) atoms. The number of carbonyl (C=O) groups excluding carboxylic acids is 1. The fourth-order valence-corrected chi connectivity index (χ4v) is 4.56. The Kier molecular flexibility index (Phi) is 5.37. The van der Waals surface area contributed by atoms with Crippen molar-refractivity contribution in [2.45, 2.75) is 54.9 Å². The maximum atomic E-state index is 12.1. The Hall–Kier alpha value is -0.960. The van der Waals surface area contributed by atoms with Gasteiger partial charge in [-0.15, -0.1) is 11.3 Å². The third-order valence-electron chi connectivity index (χ3n) is 3.60. The van der Waals surface area contributed by atoms with Crippen molar-refractivity contribution < 1.29 is 13.2 Å². The van der Waals surface area contributed by atoms with E-state index in [0.717, 1.165) is 37.0 Å². The molecule has 1 aromatic heterocycles. The first-order valence-electron chi connectivity index (χ1n) is 7.00. The van der Waals surface area contributed by atoms with E-state index in [2.05, 4.69) is 10.0 Å². The number of rotatable bonds is 5. The first-order valence-corrected chi connectivity index (χ1v) is 9.36. The molecule has 0 radical (unpaired) electrons. The molecule has 0 aliphatic heterocycles. The van der Waals surface area contributed by atoms with Crippen molar-refractivity contribution >= 4 is 27.3 Å². The summed E-state index contributed by atoms with van der Waals surface area (Å²) in [5, 5.41) is 4.57. The van der Waals surface area contributed by atoms with Crippen LogP contribution in [0, 0.1) is 0 Å². The lowest BCUT2D eigenvalue weighted by Crippen LogP contribution is -2.49. The SMILES string of the molecule is CC(NS(=O)(=O)c1cccs1)C(=O)NC1CCC(N)CC1. The quantitative estimate of drug-likeness (QED) is 0.743. The van der Waals surface area contributed by atoms with E-state index in [1.165, 1.54) is 6.07 Å². The molecule has 1 unspecified atom stereocenters. The number of hydrogen-bond donors (Lipinski definition) is 3. The zero-order chi connectivity index (χ0) is 15.5. The molecule has 4 N–H and O–H groups in total. The molecular weight excluding hydrogens is 310 g/mol. The van der Waals surface area contributed by atoms with Crippen molar-refractivity contribution in [1.82, 2.24) is 10.0 Å². The van der Waals surface area contributed by atoms with E-state index in [4.69, 9.17) is 5.73 Å². The van der Waals surface area contributed by atoms with E-state index in [1.54, 1.807) is 18.4 Å². The molecule has 8 heteroatoms. The average molecular weight is 331 g/mol. The monoisotopic (exact) mass is 331 g/mol. The van der Waals surface area contributed by atoms with Gasteiger partial charge in [-0.2, -0.15) is 4.72 Å². The lowest BCUT2D eigenvalue weighted by Gasteiger charge is -2.27. The van der Waals surface area contributed by atoms with E-state index in [1.807, 2.05) is 0 Å². The van der Waals surface area contributed by atoms with Gasteiger partial charge in [-0.1, -0.05) is 6.07 Å². The van der Waals surface area contributed by atoms with Crippen LogP contribution in [0.2, 0.25) is 0 Å². The number of hydrogen-bond acceptors (Lipinski definition) is 5. The number of amides is 1. The summed E-state index contributed by atoms with van der Waals surface area (Å²) in [7, 11) is -3.62. The topological polar surface area (TPSA) is 101 Å². The highest BCUT2D eigenvalue weighted by molar-refractivity contribution is 7.91. The maximum absolute atomic E-state index is 12.1. The highest BCUT2D eigenvalue weighted by atomic mass is 32.2. The smallest absolute Gasteiger partial charge is 0.250 e. The molecule has 0 spiro atoms. The van der Waals surface area contributed by atoms with Gasteiger partial charge in [0.2, 0.25) is 5.91 Å². The zero-order valence-electron chi connectivity index (χ0n) is 11.9. The number of sulfonamides is 1. The molecule has 1 fully saturated rings. The third kappa shape index (κ3) is 4.50. The van der Waals surface area contributed by atoms with E-state index < -0.39 is 16.1 Å². The second-order valence-corrected chi connectivity index (χ2v) is 8.28. The highest BCUT2D eigenvalue weighted by Crippen LogP contribution is 2.18. The van der Waals surface area contributed by atoms with Gasteiger partial charge in [0.25, 0.3) is 10.0 Å². The Bertz CT molecular complexity index is 563. The number of nitrogens with one attached hydrogen (secondary N) is 2. The summed E-state index contributed by atoms with van der Waals surface area (Å²) in [5.41, 5.74) is 5.82. The summed E-state index contributed by atoms with van der Waals surface area (Å²) in [5.74, 6) is -0.296. The van der Waals surface area contributed by atoms with Crippen LogP contribution in [0.3, 0.4) is 0 Å². The van der Waals surface area contributed by atoms with Gasteiger partial charge in [0.05, 0.1) is 6.04 Å². The Morgan fingerprint density at radius 2 is 2.05 bits per heavy atom. The van der Waals surface area contributed by atoms with Crippen molar-refractivity contribution in [2.24, 2.45) is 5.73 Å². The van der Waals surface area contributed by atoms with Gasteiger partial charge in [0, 0.05) is 12.1 Å². The van der Waals surface area contributed by atoms with Crippen LogP contribution in [0.5, 0.6) is 0 Å². The lowest BCUT2D eigenvalue weighted by molar-refractivity contribution is -0.123. The standard InChI is InChI=1S/C13H21N3O3S2/c1-9(16-21(18,19)12-3-2-8-20-12)13(17)15-11-6-4-10(14)5-7-11/h2-3,8-11,16H,4-7,14H2,1H3,(H,15,17). The third-order valence-corrected chi connectivity index (χ3v) is 6.54. The van der Waals surface area contributed by atoms with Crippen LogP contribution in [-0.4, -0.2) is 32.5 Å². The van der Waals surface area contributed by atoms with Crippen LogP contribution in [-0.2, 0) is 14.8 Å². The molecule has 1 aliphatic rings. The van der Waals surface area contributed by atoms with Crippen molar-refractivity contribution in [3.05, 3.63) is 17.5 Å². The maximum Gasteiger partial charge on any atom is 0.250 e. The summed E-state index contributed by atoms with van der Waals surface area (Å²) in [4.78, 5) is 12.1. The van der Waals surface area contributed by atoms with Gasteiger partial charge < -0.3 is 11.1 Å². The molecule has 1 aromatic rings. The molecule has 1 atom stereocenters. The summed E-state index contributed by atoms with van der Waals surface area (Å²) < 4.78 is 26.7. The van der Waals surface area contributed by atoms with Crippen LogP contribution in [0.4, 0.5) is 0 Å². The minimum atomic E-state index is -3.62. The van der Waals surface area contributed by atoms with Crippen LogP contribution in [0.15, 0.2) is 21.7 Å². The van der Waals surface area contributed by atoms with E-state index >= 15 is 0 Å². The second-order valence-electron chi connectivity index (χ2n) is 5.40. The van der Waals surface area contributed by atoms with Gasteiger partial charge in [0.1, 0.15) is 4.21 Å². The lowest BCUT2D eigenvalue weighted by atomic mass is 9.92. The molecule has 1 amide bonds. The van der Waals surface area contributed by atoms with Gasteiger partial charge >= 0.3 is 0 Å². The van der Waals surface area contributed by atoms with E-state index in [-0.39, 0.29) is 22.2 Å². The van der Waals surface area contributed by atoms with Crippen LogP contribution < -0.4 is 15.8 Å². The molecule has 6 nitrogen and oxygen atoms in total. The summed E-state index contributed by atoms with van der Waals surface area (Å²) in [6, 6.07) is 2.68. The van der Waals surface area contributed by atoms with Crippen molar-refractivity contribution in [1.29, 1.82) is 0 Å². The number of nitrogens with two attached hydrogens (primary N) is 1. The molecule has 118 valence electrons. The van der Waals surface area contributed by atoms with Gasteiger partial charge in [-0.25, -0.2) is 8.42 Å². The van der Waals surface area contributed by atoms with Crippen LogP contribution in [0.25, 0.3) is 0 Å². The zero-order valence-corrected chi connectivity index (χ0v) is 13.5. The Labute approximate surface area is 129 Å². The minimum absolute atomic E-state index is 0.0889. The van der Waals surface area contributed by atoms with Crippen molar-refractivity contribution in [2.75, 3.05) is 0 Å². The molecule has 0 bridgehead atoms. The molecule has 0 aromatic carbocycles. The summed E-state index contributed by atoms with van der Waals surface area (Å²) in [6.07, 6.45) is 3.47. The Morgan fingerprint density at radius 3 is 2.62 bits per heavy atom. The van der Waals surface area contributed by atoms with Crippen LogP contribution >= 0.6 is 11.3 Å². The number of carbonyl (C=O) groups is 1. The summed E-state index contributed by atoms with van der Waals surface area (Å²) in [6.45, 7) is 1.55. The van der Waals surface area contributed by atoms with Gasteiger partial charge in [-0.05, 0) is 44.1 Å². The molecule has 1 aliphatic carbocycles. The van der Waals surface area contributed by atoms with Crippen LogP contribution in [0.1, 0.15) is 32.6 Å². The molecular formula is C13H21N3O3S2.